The number of rotatable bonds is 1. The maximum Gasteiger partial charge on any atom is 0.262 e. The van der Waals surface area contributed by atoms with Gasteiger partial charge in [-0.25, -0.2) is 4.98 Å². The van der Waals surface area contributed by atoms with E-state index < -0.39 is 0 Å². The number of thiophene rings is 1. The molecule has 0 radical (unpaired) electrons. The summed E-state index contributed by atoms with van der Waals surface area (Å²) in [4.78, 5) is 32.1. The molecule has 2 aromatic heterocycles. The molecule has 112 valence electrons. The molecule has 1 amide bonds. The van der Waals surface area contributed by atoms with Crippen molar-refractivity contribution in [1.82, 2.24) is 14.5 Å². The van der Waals surface area contributed by atoms with Gasteiger partial charge >= 0.3 is 0 Å². The summed E-state index contributed by atoms with van der Waals surface area (Å²) in [6, 6.07) is 0. The van der Waals surface area contributed by atoms with Crippen LogP contribution in [-0.2, 0) is 17.8 Å². The molecule has 0 spiro atoms. The molecule has 21 heavy (non-hydrogen) atoms. The van der Waals surface area contributed by atoms with Crippen molar-refractivity contribution in [3.8, 4) is 0 Å². The number of amides is 1. The number of carbonyl (C=O) groups excluding carboxylic acids is 1. The van der Waals surface area contributed by atoms with Gasteiger partial charge < -0.3 is 4.90 Å². The molecule has 3 rings (SSSR count). The predicted octanol–water partition coefficient (Wildman–Crippen LogP) is 1.81. The van der Waals surface area contributed by atoms with Crippen LogP contribution in [0.5, 0.6) is 0 Å². The predicted molar refractivity (Wildman–Crippen MR) is 83.7 cm³/mol. The van der Waals surface area contributed by atoms with Crippen molar-refractivity contribution < 1.29 is 4.79 Å². The normalized spacial score (nSPS) is 15.3. The standard InChI is InChI=1S/C15H19N3O2S/c1-9(2)14(19)17-5-4-11-16-13-12(10(3)8-21-13)15(20)18(11)7-6-17/h8-9H,4-7H2,1-3H3. The fraction of sp³-hybridized carbons (Fsp3) is 0.533. The van der Waals surface area contributed by atoms with Crippen LogP contribution in [-0.4, -0.2) is 33.4 Å². The molecule has 0 saturated heterocycles. The summed E-state index contributed by atoms with van der Waals surface area (Å²) in [5.74, 6) is 0.934. The lowest BCUT2D eigenvalue weighted by atomic mass is 10.2. The van der Waals surface area contributed by atoms with Gasteiger partial charge in [0.2, 0.25) is 5.91 Å². The maximum atomic E-state index is 12.6. The Labute approximate surface area is 127 Å². The van der Waals surface area contributed by atoms with Gasteiger partial charge in [-0.2, -0.15) is 0 Å². The van der Waals surface area contributed by atoms with Crippen LogP contribution < -0.4 is 5.56 Å². The summed E-state index contributed by atoms with van der Waals surface area (Å²) >= 11 is 1.51. The van der Waals surface area contributed by atoms with Crippen molar-refractivity contribution in [3.63, 3.8) is 0 Å². The van der Waals surface area contributed by atoms with E-state index in [0.717, 1.165) is 21.6 Å². The summed E-state index contributed by atoms with van der Waals surface area (Å²) in [7, 11) is 0. The zero-order chi connectivity index (χ0) is 15.1. The van der Waals surface area contributed by atoms with Gasteiger partial charge in [-0.1, -0.05) is 13.8 Å². The molecule has 0 aliphatic carbocycles. The molecule has 0 bridgehead atoms. The van der Waals surface area contributed by atoms with Gasteiger partial charge in [0.1, 0.15) is 10.7 Å². The first-order chi connectivity index (χ1) is 9.99. The molecule has 1 aliphatic rings. The second-order valence-electron chi connectivity index (χ2n) is 5.81. The van der Waals surface area contributed by atoms with Crippen LogP contribution in [0.25, 0.3) is 10.2 Å². The maximum absolute atomic E-state index is 12.6. The summed E-state index contributed by atoms with van der Waals surface area (Å²) in [6.45, 7) is 7.51. The van der Waals surface area contributed by atoms with Gasteiger partial charge in [0, 0.05) is 32.0 Å². The smallest absolute Gasteiger partial charge is 0.262 e. The first-order valence-electron chi connectivity index (χ1n) is 7.25. The minimum atomic E-state index is -0.0124. The Hall–Kier alpha value is -1.69. The minimum absolute atomic E-state index is 0.0124. The van der Waals surface area contributed by atoms with E-state index in [2.05, 4.69) is 4.98 Å². The molecule has 0 fully saturated rings. The van der Waals surface area contributed by atoms with E-state index >= 15 is 0 Å². The number of aryl methyl sites for hydroxylation is 1. The Kier molecular flexibility index (Phi) is 3.57. The summed E-state index contributed by atoms with van der Waals surface area (Å²) in [6.07, 6.45) is 0.639. The third-order valence-corrected chi connectivity index (χ3v) is 4.95. The van der Waals surface area contributed by atoms with Gasteiger partial charge in [-0.3, -0.25) is 14.2 Å². The van der Waals surface area contributed by atoms with Crippen LogP contribution in [0.15, 0.2) is 10.2 Å². The molecule has 0 N–H and O–H groups in total. The van der Waals surface area contributed by atoms with Crippen LogP contribution in [0.2, 0.25) is 0 Å². The van der Waals surface area contributed by atoms with Crippen LogP contribution >= 0.6 is 11.3 Å². The third kappa shape index (κ3) is 2.37. The van der Waals surface area contributed by atoms with Crippen LogP contribution in [0.3, 0.4) is 0 Å². The molecular formula is C15H19N3O2S. The van der Waals surface area contributed by atoms with Gasteiger partial charge in [0.25, 0.3) is 5.56 Å². The second-order valence-corrected chi connectivity index (χ2v) is 6.67. The summed E-state index contributed by atoms with van der Waals surface area (Å²) in [5, 5.41) is 2.71. The first-order valence-corrected chi connectivity index (χ1v) is 8.13. The average Bonchev–Trinajstić information content (AvgIpc) is 2.69. The fourth-order valence-electron chi connectivity index (χ4n) is 2.78. The fourth-order valence-corrected chi connectivity index (χ4v) is 3.71. The van der Waals surface area contributed by atoms with Gasteiger partial charge in [0.05, 0.1) is 5.39 Å². The molecule has 5 nitrogen and oxygen atoms in total. The first kappa shape index (κ1) is 14.3. The lowest BCUT2D eigenvalue weighted by Gasteiger charge is -2.21. The van der Waals surface area contributed by atoms with E-state index in [1.807, 2.05) is 31.1 Å². The number of carbonyl (C=O) groups is 1. The van der Waals surface area contributed by atoms with Crippen molar-refractivity contribution in [2.75, 3.05) is 13.1 Å². The highest BCUT2D eigenvalue weighted by molar-refractivity contribution is 7.16. The largest absolute Gasteiger partial charge is 0.340 e. The zero-order valence-corrected chi connectivity index (χ0v) is 13.4. The van der Waals surface area contributed by atoms with Crippen molar-refractivity contribution in [1.29, 1.82) is 0 Å². The van der Waals surface area contributed by atoms with Crippen molar-refractivity contribution in [2.45, 2.75) is 33.7 Å². The van der Waals surface area contributed by atoms with Crippen LogP contribution in [0.1, 0.15) is 25.2 Å². The number of fused-ring (bicyclic) bond motifs is 2. The topological polar surface area (TPSA) is 55.2 Å². The molecule has 6 heteroatoms. The lowest BCUT2D eigenvalue weighted by Crippen LogP contribution is -2.36. The third-order valence-electron chi connectivity index (χ3n) is 3.96. The Morgan fingerprint density at radius 2 is 2.10 bits per heavy atom. The lowest BCUT2D eigenvalue weighted by molar-refractivity contribution is -0.134. The number of nitrogens with zero attached hydrogens (tertiary/aromatic N) is 3. The zero-order valence-electron chi connectivity index (χ0n) is 12.5. The number of hydrogen-bond acceptors (Lipinski definition) is 4. The van der Waals surface area contributed by atoms with Crippen molar-refractivity contribution in [2.24, 2.45) is 5.92 Å². The highest BCUT2D eigenvalue weighted by atomic mass is 32.1. The average molecular weight is 305 g/mol. The van der Waals surface area contributed by atoms with Gasteiger partial charge in [0.15, 0.2) is 0 Å². The van der Waals surface area contributed by atoms with Crippen molar-refractivity contribution >= 4 is 27.5 Å². The quantitative estimate of drug-likeness (QED) is 0.807. The van der Waals surface area contributed by atoms with Gasteiger partial charge in [-0.15, -0.1) is 11.3 Å². The number of hydrogen-bond donors (Lipinski definition) is 0. The molecule has 2 aromatic rings. The van der Waals surface area contributed by atoms with Crippen molar-refractivity contribution in [3.05, 3.63) is 27.1 Å². The SMILES string of the molecule is Cc1csc2nc3n(c(=O)c12)CCN(C(=O)C(C)C)CC3. The van der Waals surface area contributed by atoms with E-state index in [1.165, 1.54) is 11.3 Å². The number of aromatic nitrogens is 2. The molecule has 0 unspecified atom stereocenters. The summed E-state index contributed by atoms with van der Waals surface area (Å²) in [5.41, 5.74) is 1.02. The molecule has 3 heterocycles. The highest BCUT2D eigenvalue weighted by Gasteiger charge is 2.23. The van der Waals surface area contributed by atoms with E-state index in [4.69, 9.17) is 0 Å². The molecule has 0 aromatic carbocycles. The highest BCUT2D eigenvalue weighted by Crippen LogP contribution is 2.21. The van der Waals surface area contributed by atoms with E-state index in [9.17, 15) is 9.59 Å². The Morgan fingerprint density at radius 3 is 2.81 bits per heavy atom. The van der Waals surface area contributed by atoms with E-state index in [0.29, 0.717) is 26.1 Å². The van der Waals surface area contributed by atoms with E-state index in [1.54, 1.807) is 4.57 Å². The molecule has 0 atom stereocenters. The summed E-state index contributed by atoms with van der Waals surface area (Å²) < 4.78 is 1.75. The molecule has 0 saturated carbocycles. The molecular weight excluding hydrogens is 286 g/mol. The molecule has 1 aliphatic heterocycles. The van der Waals surface area contributed by atoms with Gasteiger partial charge in [-0.05, 0) is 17.9 Å². The Balaban J connectivity index is 2.00. The van der Waals surface area contributed by atoms with E-state index in [-0.39, 0.29) is 17.4 Å². The van der Waals surface area contributed by atoms with Crippen LogP contribution in [0, 0.1) is 12.8 Å². The Bertz CT molecular complexity index is 760. The minimum Gasteiger partial charge on any atom is -0.340 e. The Morgan fingerprint density at radius 1 is 1.33 bits per heavy atom. The van der Waals surface area contributed by atoms with Crippen LogP contribution in [0.4, 0.5) is 0 Å². The second kappa shape index (κ2) is 5.26. The monoisotopic (exact) mass is 305 g/mol.